The molecule has 0 atom stereocenters. The zero-order valence-electron chi connectivity index (χ0n) is 16.1. The van der Waals surface area contributed by atoms with Gasteiger partial charge in [-0.3, -0.25) is 4.79 Å². The van der Waals surface area contributed by atoms with Crippen molar-refractivity contribution >= 4 is 11.6 Å². The highest BCUT2D eigenvalue weighted by atomic mass is 19.1. The number of aromatic nitrogens is 2. The summed E-state index contributed by atoms with van der Waals surface area (Å²) >= 11 is 0. The van der Waals surface area contributed by atoms with Crippen LogP contribution in [0.5, 0.6) is 5.75 Å². The van der Waals surface area contributed by atoms with Crippen LogP contribution in [0.25, 0.3) is 22.8 Å². The maximum Gasteiger partial charge on any atom is 0.262 e. The number of nitrogens with one attached hydrogen (secondary N) is 1. The Kier molecular flexibility index (Phi) is 5.52. The molecule has 0 fully saturated rings. The summed E-state index contributed by atoms with van der Waals surface area (Å²) in [6.45, 7) is 1.82. The molecule has 0 spiro atoms. The maximum atomic E-state index is 13.1. The van der Waals surface area contributed by atoms with E-state index in [1.807, 2.05) is 25.1 Å². The molecule has 0 bridgehead atoms. The number of anilines is 1. The van der Waals surface area contributed by atoms with Gasteiger partial charge >= 0.3 is 0 Å². The van der Waals surface area contributed by atoms with Crippen molar-refractivity contribution in [2.45, 2.75) is 6.92 Å². The molecule has 30 heavy (non-hydrogen) atoms. The van der Waals surface area contributed by atoms with Crippen LogP contribution in [0.2, 0.25) is 0 Å². The number of para-hydroxylation sites is 1. The Hall–Kier alpha value is -4.00. The minimum atomic E-state index is -0.344. The van der Waals surface area contributed by atoms with Gasteiger partial charge < -0.3 is 14.6 Å². The largest absolute Gasteiger partial charge is 0.484 e. The third kappa shape index (κ3) is 4.52. The number of hydrogen-bond acceptors (Lipinski definition) is 5. The fourth-order valence-corrected chi connectivity index (χ4v) is 2.87. The van der Waals surface area contributed by atoms with Gasteiger partial charge in [0.2, 0.25) is 5.82 Å². The fraction of sp³-hybridized carbons (Fsp3) is 0.0870. The number of amides is 1. The van der Waals surface area contributed by atoms with E-state index < -0.39 is 0 Å². The predicted octanol–water partition coefficient (Wildman–Crippen LogP) is 4.87. The molecule has 3 aromatic carbocycles. The smallest absolute Gasteiger partial charge is 0.262 e. The van der Waals surface area contributed by atoms with Crippen LogP contribution in [0.15, 0.2) is 77.3 Å². The first-order valence-corrected chi connectivity index (χ1v) is 9.27. The molecule has 1 amide bonds. The third-order valence-electron chi connectivity index (χ3n) is 4.32. The van der Waals surface area contributed by atoms with Gasteiger partial charge in [-0.1, -0.05) is 29.4 Å². The lowest BCUT2D eigenvalue weighted by Crippen LogP contribution is -2.20. The van der Waals surface area contributed by atoms with Gasteiger partial charge in [-0.2, -0.15) is 4.98 Å². The zero-order valence-corrected chi connectivity index (χ0v) is 16.1. The van der Waals surface area contributed by atoms with Crippen LogP contribution in [0.3, 0.4) is 0 Å². The fourth-order valence-electron chi connectivity index (χ4n) is 2.87. The molecule has 0 aliphatic rings. The second kappa shape index (κ2) is 8.57. The Balaban J connectivity index is 1.49. The van der Waals surface area contributed by atoms with Crippen molar-refractivity contribution in [2.24, 2.45) is 0 Å². The van der Waals surface area contributed by atoms with Crippen LogP contribution in [0.4, 0.5) is 10.1 Å². The number of rotatable bonds is 6. The van der Waals surface area contributed by atoms with Crippen molar-refractivity contribution in [1.29, 1.82) is 0 Å². The molecule has 0 radical (unpaired) electrons. The predicted molar refractivity (Wildman–Crippen MR) is 110 cm³/mol. The third-order valence-corrected chi connectivity index (χ3v) is 4.32. The lowest BCUT2D eigenvalue weighted by Gasteiger charge is -2.10. The Labute approximate surface area is 172 Å². The quantitative estimate of drug-likeness (QED) is 0.497. The molecular formula is C23H18FN3O3. The minimum absolute atomic E-state index is 0.136. The lowest BCUT2D eigenvalue weighted by atomic mass is 10.1. The van der Waals surface area contributed by atoms with Gasteiger partial charge in [-0.25, -0.2) is 4.39 Å². The van der Waals surface area contributed by atoms with Crippen LogP contribution < -0.4 is 10.1 Å². The summed E-state index contributed by atoms with van der Waals surface area (Å²) in [7, 11) is 0. The maximum absolute atomic E-state index is 13.1. The van der Waals surface area contributed by atoms with E-state index in [2.05, 4.69) is 15.5 Å². The molecule has 1 heterocycles. The van der Waals surface area contributed by atoms with E-state index in [-0.39, 0.29) is 24.2 Å². The number of benzene rings is 3. The molecule has 150 valence electrons. The van der Waals surface area contributed by atoms with Gasteiger partial charge in [0.1, 0.15) is 11.6 Å². The first-order chi connectivity index (χ1) is 14.6. The molecule has 1 aromatic heterocycles. The van der Waals surface area contributed by atoms with Gasteiger partial charge in [-0.05, 0) is 61.0 Å². The first-order valence-electron chi connectivity index (χ1n) is 9.27. The van der Waals surface area contributed by atoms with E-state index in [9.17, 15) is 9.18 Å². The number of halogens is 1. The number of ether oxygens (including phenoxy) is 1. The van der Waals surface area contributed by atoms with Gasteiger partial charge in [0.25, 0.3) is 11.8 Å². The average Bonchev–Trinajstić information content (AvgIpc) is 3.23. The molecule has 1 N–H and O–H groups in total. The van der Waals surface area contributed by atoms with Gasteiger partial charge in [0, 0.05) is 5.56 Å². The Morgan fingerprint density at radius 1 is 1.07 bits per heavy atom. The number of hydrogen-bond donors (Lipinski definition) is 1. The first kappa shape index (κ1) is 19.3. The summed E-state index contributed by atoms with van der Waals surface area (Å²) in [6.07, 6.45) is 0. The van der Waals surface area contributed by atoms with E-state index in [0.717, 1.165) is 5.56 Å². The molecule has 0 saturated carbocycles. The standard InChI is InChI=1S/C23H18FN3O3/c1-15-5-4-6-18(13-15)29-14-21(28)25-20-8-3-2-7-19(20)23-26-22(27-30-23)16-9-11-17(24)12-10-16/h2-13H,14H2,1H3,(H,25,28). The van der Waals surface area contributed by atoms with Crippen molar-refractivity contribution in [2.75, 3.05) is 11.9 Å². The number of carbonyl (C=O) groups excluding carboxylic acids is 1. The van der Waals surface area contributed by atoms with E-state index in [1.54, 1.807) is 42.5 Å². The van der Waals surface area contributed by atoms with E-state index in [4.69, 9.17) is 9.26 Å². The van der Waals surface area contributed by atoms with E-state index in [1.165, 1.54) is 12.1 Å². The average molecular weight is 403 g/mol. The summed E-state index contributed by atoms with van der Waals surface area (Å²) in [6, 6.07) is 20.4. The van der Waals surface area contributed by atoms with E-state index in [0.29, 0.717) is 28.4 Å². The summed E-state index contributed by atoms with van der Waals surface area (Å²) in [5, 5.41) is 6.76. The Morgan fingerprint density at radius 2 is 1.87 bits per heavy atom. The van der Waals surface area contributed by atoms with Crippen molar-refractivity contribution in [3.05, 3.63) is 84.2 Å². The van der Waals surface area contributed by atoms with Crippen molar-refractivity contribution in [3.8, 4) is 28.6 Å². The second-order valence-corrected chi connectivity index (χ2v) is 6.63. The Morgan fingerprint density at radius 3 is 2.67 bits per heavy atom. The molecule has 6 nitrogen and oxygen atoms in total. The highest BCUT2D eigenvalue weighted by Gasteiger charge is 2.15. The van der Waals surface area contributed by atoms with Crippen LogP contribution in [-0.2, 0) is 4.79 Å². The highest BCUT2D eigenvalue weighted by molar-refractivity contribution is 5.95. The number of nitrogens with zero attached hydrogens (tertiary/aromatic N) is 2. The van der Waals surface area contributed by atoms with Crippen LogP contribution in [-0.4, -0.2) is 22.7 Å². The lowest BCUT2D eigenvalue weighted by molar-refractivity contribution is -0.118. The summed E-state index contributed by atoms with van der Waals surface area (Å²) in [5.74, 6) is 0.531. The monoisotopic (exact) mass is 403 g/mol. The molecule has 0 unspecified atom stereocenters. The van der Waals surface area contributed by atoms with Crippen LogP contribution in [0.1, 0.15) is 5.56 Å². The summed E-state index contributed by atoms with van der Waals surface area (Å²) in [4.78, 5) is 16.7. The molecule has 4 rings (SSSR count). The molecule has 4 aromatic rings. The topological polar surface area (TPSA) is 77.2 Å². The van der Waals surface area contributed by atoms with Crippen molar-refractivity contribution in [3.63, 3.8) is 0 Å². The van der Waals surface area contributed by atoms with Gasteiger partial charge in [0.05, 0.1) is 11.3 Å². The summed E-state index contributed by atoms with van der Waals surface area (Å²) in [5.41, 5.74) is 2.76. The van der Waals surface area contributed by atoms with Gasteiger partial charge in [0.15, 0.2) is 6.61 Å². The molecule has 0 aliphatic carbocycles. The minimum Gasteiger partial charge on any atom is -0.484 e. The SMILES string of the molecule is Cc1cccc(OCC(=O)Nc2ccccc2-c2nc(-c3ccc(F)cc3)no2)c1. The van der Waals surface area contributed by atoms with Crippen LogP contribution in [0, 0.1) is 12.7 Å². The van der Waals surface area contributed by atoms with Crippen molar-refractivity contribution in [1.82, 2.24) is 10.1 Å². The normalized spacial score (nSPS) is 10.6. The van der Waals surface area contributed by atoms with E-state index >= 15 is 0 Å². The van der Waals surface area contributed by atoms with Crippen molar-refractivity contribution < 1.29 is 18.4 Å². The zero-order chi connectivity index (χ0) is 20.9. The molecule has 0 saturated heterocycles. The highest BCUT2D eigenvalue weighted by Crippen LogP contribution is 2.28. The molecular weight excluding hydrogens is 385 g/mol. The summed E-state index contributed by atoms with van der Waals surface area (Å²) < 4.78 is 24.0. The molecule has 7 heteroatoms. The second-order valence-electron chi connectivity index (χ2n) is 6.63. The van der Waals surface area contributed by atoms with Gasteiger partial charge in [-0.15, -0.1) is 0 Å². The number of aryl methyl sites for hydroxylation is 1. The van der Waals surface area contributed by atoms with Crippen LogP contribution >= 0.6 is 0 Å². The number of carbonyl (C=O) groups is 1. The Bertz CT molecular complexity index is 1170. The molecule has 0 aliphatic heterocycles.